The lowest BCUT2D eigenvalue weighted by Crippen LogP contribution is -2.17. The zero-order valence-corrected chi connectivity index (χ0v) is 11.9. The van der Waals surface area contributed by atoms with Crippen molar-refractivity contribution < 1.29 is 0 Å². The van der Waals surface area contributed by atoms with Gasteiger partial charge in [0, 0.05) is 5.02 Å². The maximum Gasteiger partial charge on any atom is 0.0438 e. The quantitative estimate of drug-likeness (QED) is 0.853. The van der Waals surface area contributed by atoms with Crippen LogP contribution in [0.2, 0.25) is 5.02 Å². The Morgan fingerprint density at radius 3 is 2.65 bits per heavy atom. The zero-order valence-electron chi connectivity index (χ0n) is 11.2. The van der Waals surface area contributed by atoms with Gasteiger partial charge in [0.15, 0.2) is 0 Å². The third kappa shape index (κ3) is 2.36. The highest BCUT2D eigenvalue weighted by Crippen LogP contribution is 2.64. The van der Waals surface area contributed by atoms with Crippen molar-refractivity contribution in [3.05, 3.63) is 34.3 Å². The van der Waals surface area contributed by atoms with Crippen molar-refractivity contribution >= 4 is 11.6 Å². The second-order valence-electron chi connectivity index (χ2n) is 5.72. The van der Waals surface area contributed by atoms with Gasteiger partial charge in [-0.05, 0) is 54.5 Å². The van der Waals surface area contributed by atoms with Crippen molar-refractivity contribution in [2.24, 2.45) is 11.3 Å². The van der Waals surface area contributed by atoms with Crippen molar-refractivity contribution in [3.63, 3.8) is 0 Å². The van der Waals surface area contributed by atoms with E-state index in [2.05, 4.69) is 51.2 Å². The average molecular weight is 252 g/mol. The molecule has 2 heteroatoms. The number of halogens is 1. The molecule has 94 valence electrons. The fourth-order valence-corrected chi connectivity index (χ4v) is 3.08. The summed E-state index contributed by atoms with van der Waals surface area (Å²) in [5.74, 6) is 1.39. The van der Waals surface area contributed by atoms with Crippen LogP contribution in [0.5, 0.6) is 0 Å². The van der Waals surface area contributed by atoms with Crippen molar-refractivity contribution in [1.82, 2.24) is 5.32 Å². The average Bonchev–Trinajstić information content (AvgIpc) is 2.82. The summed E-state index contributed by atoms with van der Waals surface area (Å²) in [7, 11) is 0. The molecule has 2 unspecified atom stereocenters. The van der Waals surface area contributed by atoms with Gasteiger partial charge < -0.3 is 5.32 Å². The molecule has 1 aromatic rings. The minimum absolute atomic E-state index is 0.404. The second kappa shape index (κ2) is 4.62. The van der Waals surface area contributed by atoms with Crippen molar-refractivity contribution in [1.29, 1.82) is 0 Å². The summed E-state index contributed by atoms with van der Waals surface area (Å²) in [6.07, 6.45) is 0. The Bertz CT molecular complexity index is 411. The standard InChI is InChI=1S/C15H22ClN/c1-5-17-9-12-14(15(12,3)4)11-7-6-10(2)13(16)8-11/h6-8,12,14,17H,5,9H2,1-4H3. The van der Waals surface area contributed by atoms with E-state index in [1.807, 2.05) is 0 Å². The van der Waals surface area contributed by atoms with Gasteiger partial charge in [-0.15, -0.1) is 0 Å². The van der Waals surface area contributed by atoms with Gasteiger partial charge in [-0.1, -0.05) is 44.5 Å². The fraction of sp³-hybridized carbons (Fsp3) is 0.600. The van der Waals surface area contributed by atoms with E-state index in [0.717, 1.165) is 29.6 Å². The highest BCUT2D eigenvalue weighted by molar-refractivity contribution is 6.31. The van der Waals surface area contributed by atoms with Crippen molar-refractivity contribution in [3.8, 4) is 0 Å². The van der Waals surface area contributed by atoms with Crippen LogP contribution in [0, 0.1) is 18.3 Å². The van der Waals surface area contributed by atoms with Gasteiger partial charge in [-0.3, -0.25) is 0 Å². The fourth-order valence-electron chi connectivity index (χ4n) is 2.89. The molecule has 0 heterocycles. The summed E-state index contributed by atoms with van der Waals surface area (Å²) in [6, 6.07) is 6.52. The topological polar surface area (TPSA) is 12.0 Å². The van der Waals surface area contributed by atoms with Gasteiger partial charge in [0.25, 0.3) is 0 Å². The highest BCUT2D eigenvalue weighted by Gasteiger charge is 2.57. The first-order valence-electron chi connectivity index (χ1n) is 6.45. The first kappa shape index (κ1) is 12.9. The minimum Gasteiger partial charge on any atom is -0.317 e. The maximum absolute atomic E-state index is 6.22. The van der Waals surface area contributed by atoms with Crippen LogP contribution >= 0.6 is 11.6 Å². The Balaban J connectivity index is 2.15. The molecular formula is C15H22ClN. The lowest BCUT2D eigenvalue weighted by atomic mass is 10.0. The first-order chi connectivity index (χ1) is 7.98. The summed E-state index contributed by atoms with van der Waals surface area (Å²) < 4.78 is 0. The monoisotopic (exact) mass is 251 g/mol. The lowest BCUT2D eigenvalue weighted by molar-refractivity contribution is 0.525. The van der Waals surface area contributed by atoms with Gasteiger partial charge in [-0.25, -0.2) is 0 Å². The number of aryl methyl sites for hydroxylation is 1. The summed E-state index contributed by atoms with van der Waals surface area (Å²) >= 11 is 6.22. The molecule has 17 heavy (non-hydrogen) atoms. The first-order valence-corrected chi connectivity index (χ1v) is 6.83. The smallest absolute Gasteiger partial charge is 0.0438 e. The molecule has 0 radical (unpaired) electrons. The van der Waals surface area contributed by atoms with E-state index in [4.69, 9.17) is 11.6 Å². The number of nitrogens with one attached hydrogen (secondary N) is 1. The van der Waals surface area contributed by atoms with Gasteiger partial charge in [-0.2, -0.15) is 0 Å². The Morgan fingerprint density at radius 2 is 2.06 bits per heavy atom. The van der Waals surface area contributed by atoms with E-state index in [1.54, 1.807) is 0 Å². The van der Waals surface area contributed by atoms with Crippen LogP contribution in [0.15, 0.2) is 18.2 Å². The minimum atomic E-state index is 0.404. The maximum atomic E-state index is 6.22. The molecule has 1 fully saturated rings. The third-order valence-corrected chi connectivity index (χ3v) is 4.63. The Kier molecular flexibility index (Phi) is 3.51. The summed E-state index contributed by atoms with van der Waals surface area (Å²) in [6.45, 7) is 11.1. The molecule has 1 aliphatic rings. The summed E-state index contributed by atoms with van der Waals surface area (Å²) in [4.78, 5) is 0. The third-order valence-electron chi connectivity index (χ3n) is 4.22. The van der Waals surface area contributed by atoms with E-state index < -0.39 is 0 Å². The molecule has 1 nitrogen and oxygen atoms in total. The Hall–Kier alpha value is -0.530. The molecule has 0 spiro atoms. The van der Waals surface area contributed by atoms with E-state index in [0.29, 0.717) is 11.3 Å². The van der Waals surface area contributed by atoms with E-state index in [-0.39, 0.29) is 0 Å². The van der Waals surface area contributed by atoms with Crippen LogP contribution in [-0.4, -0.2) is 13.1 Å². The van der Waals surface area contributed by atoms with Crippen LogP contribution in [0.1, 0.15) is 37.8 Å². The molecule has 0 aliphatic heterocycles. The molecule has 2 atom stereocenters. The van der Waals surface area contributed by atoms with E-state index in [9.17, 15) is 0 Å². The van der Waals surface area contributed by atoms with E-state index >= 15 is 0 Å². The Labute approximate surface area is 110 Å². The van der Waals surface area contributed by atoms with E-state index in [1.165, 1.54) is 5.56 Å². The molecule has 1 saturated carbocycles. The number of hydrogen-bond acceptors (Lipinski definition) is 1. The SMILES string of the molecule is CCNCC1C(c2ccc(C)c(Cl)c2)C1(C)C. The number of hydrogen-bond donors (Lipinski definition) is 1. The van der Waals surface area contributed by atoms with Gasteiger partial charge >= 0.3 is 0 Å². The van der Waals surface area contributed by atoms with Crippen LogP contribution in [0.25, 0.3) is 0 Å². The Morgan fingerprint density at radius 1 is 1.35 bits per heavy atom. The predicted octanol–water partition coefficient (Wildman–Crippen LogP) is 4.00. The molecule has 1 aliphatic carbocycles. The predicted molar refractivity (Wildman–Crippen MR) is 74.7 cm³/mol. The van der Waals surface area contributed by atoms with Gasteiger partial charge in [0.1, 0.15) is 0 Å². The highest BCUT2D eigenvalue weighted by atomic mass is 35.5. The van der Waals surface area contributed by atoms with Gasteiger partial charge in [0.2, 0.25) is 0 Å². The molecular weight excluding hydrogens is 230 g/mol. The molecule has 0 bridgehead atoms. The molecule has 0 amide bonds. The number of benzene rings is 1. The van der Waals surface area contributed by atoms with Crippen LogP contribution in [-0.2, 0) is 0 Å². The molecule has 1 N–H and O–H groups in total. The van der Waals surface area contributed by atoms with Gasteiger partial charge in [0.05, 0.1) is 0 Å². The molecule has 1 aromatic carbocycles. The molecule has 2 rings (SSSR count). The molecule has 0 saturated heterocycles. The molecule has 0 aromatic heterocycles. The summed E-state index contributed by atoms with van der Waals surface area (Å²) in [5, 5.41) is 4.35. The lowest BCUT2D eigenvalue weighted by Gasteiger charge is -2.05. The normalized spacial score (nSPS) is 25.9. The largest absolute Gasteiger partial charge is 0.317 e. The second-order valence-corrected chi connectivity index (χ2v) is 6.13. The van der Waals surface area contributed by atoms with Crippen LogP contribution in [0.4, 0.5) is 0 Å². The number of rotatable bonds is 4. The van der Waals surface area contributed by atoms with Crippen LogP contribution in [0.3, 0.4) is 0 Å². The summed E-state index contributed by atoms with van der Waals surface area (Å²) in [5.41, 5.74) is 2.96. The van der Waals surface area contributed by atoms with Crippen LogP contribution < -0.4 is 5.32 Å². The van der Waals surface area contributed by atoms with Crippen molar-refractivity contribution in [2.75, 3.05) is 13.1 Å². The zero-order chi connectivity index (χ0) is 12.6. The van der Waals surface area contributed by atoms with Crippen molar-refractivity contribution in [2.45, 2.75) is 33.6 Å².